The minimum atomic E-state index is -0.553. The van der Waals surface area contributed by atoms with E-state index in [9.17, 15) is 9.59 Å². The van der Waals surface area contributed by atoms with Crippen molar-refractivity contribution >= 4 is 40.5 Å². The normalized spacial score (nSPS) is 12.6. The maximum Gasteiger partial charge on any atom is 0.407 e. The predicted octanol–water partition coefficient (Wildman–Crippen LogP) is 5.02. The molecule has 1 aliphatic rings. The molecule has 0 unspecified atom stereocenters. The van der Waals surface area contributed by atoms with Crippen molar-refractivity contribution in [2.75, 3.05) is 25.0 Å². The van der Waals surface area contributed by atoms with Crippen LogP contribution in [0, 0.1) is 0 Å². The maximum absolute atomic E-state index is 12.1. The van der Waals surface area contributed by atoms with E-state index in [4.69, 9.17) is 14.6 Å². The SMILES string of the molecule is CC(C)(C)OC(=O)NCCNc1ccc2c3c(nn2CCNC(=O)OC(C)(C)C)-c2cccnc2Sc13. The molecule has 1 aromatic carbocycles. The Labute approximate surface area is 220 Å². The maximum atomic E-state index is 12.1. The van der Waals surface area contributed by atoms with Gasteiger partial charge in [-0.3, -0.25) is 4.68 Å². The number of rotatable bonds is 7. The standard InChI is InChI=1S/C26H34N6O4S/c1-25(2,3)35-23(33)29-13-12-27-17-9-10-18-19-20(16-8-7-11-28-22(16)37-21(17)19)31-32(18)15-14-30-24(34)36-26(4,5)6/h7-11,27H,12-15H2,1-6H3,(H,29,33)(H,30,34). The summed E-state index contributed by atoms with van der Waals surface area (Å²) in [5.41, 5.74) is 2.65. The second-order valence-electron chi connectivity index (χ2n) is 10.7. The number of hydrogen-bond donors (Lipinski definition) is 3. The minimum absolute atomic E-state index is 0.379. The molecule has 10 nitrogen and oxygen atoms in total. The van der Waals surface area contributed by atoms with Crippen LogP contribution in [-0.4, -0.2) is 57.8 Å². The van der Waals surface area contributed by atoms with Gasteiger partial charge in [-0.25, -0.2) is 14.6 Å². The van der Waals surface area contributed by atoms with Crippen LogP contribution in [0.4, 0.5) is 15.3 Å². The summed E-state index contributed by atoms with van der Waals surface area (Å²) >= 11 is 1.59. The molecular formula is C26H34N6O4S. The summed E-state index contributed by atoms with van der Waals surface area (Å²) in [4.78, 5) is 29.6. The van der Waals surface area contributed by atoms with E-state index in [-0.39, 0.29) is 0 Å². The van der Waals surface area contributed by atoms with Gasteiger partial charge in [0.15, 0.2) is 0 Å². The smallest absolute Gasteiger partial charge is 0.407 e. The van der Waals surface area contributed by atoms with Gasteiger partial charge in [-0.15, -0.1) is 0 Å². The Bertz CT molecular complexity index is 1310. The molecule has 3 N–H and O–H groups in total. The third-order valence-corrected chi connectivity index (χ3v) is 6.34. The molecule has 37 heavy (non-hydrogen) atoms. The van der Waals surface area contributed by atoms with E-state index in [1.54, 1.807) is 18.0 Å². The summed E-state index contributed by atoms with van der Waals surface area (Å²) in [6, 6.07) is 7.96. The quantitative estimate of drug-likeness (QED) is 0.287. The minimum Gasteiger partial charge on any atom is -0.444 e. The highest BCUT2D eigenvalue weighted by Gasteiger charge is 2.27. The average Bonchev–Trinajstić information content (AvgIpc) is 3.15. The Kier molecular flexibility index (Phi) is 7.54. The molecule has 0 radical (unpaired) electrons. The second-order valence-corrected chi connectivity index (χ2v) is 11.6. The van der Waals surface area contributed by atoms with Gasteiger partial charge in [-0.1, -0.05) is 11.8 Å². The monoisotopic (exact) mass is 526 g/mol. The Morgan fingerprint density at radius 3 is 2.30 bits per heavy atom. The van der Waals surface area contributed by atoms with E-state index in [1.165, 1.54) is 0 Å². The molecule has 3 aromatic rings. The third-order valence-electron chi connectivity index (χ3n) is 5.20. The lowest BCUT2D eigenvalue weighted by Gasteiger charge is -2.20. The van der Waals surface area contributed by atoms with Crippen molar-refractivity contribution in [1.82, 2.24) is 25.4 Å². The number of hydrogen-bond acceptors (Lipinski definition) is 8. The fourth-order valence-corrected chi connectivity index (χ4v) is 4.98. The van der Waals surface area contributed by atoms with E-state index >= 15 is 0 Å². The third kappa shape index (κ3) is 6.65. The number of carbonyl (C=O) groups excluding carboxylic acids is 2. The van der Waals surface area contributed by atoms with Gasteiger partial charge in [0, 0.05) is 47.4 Å². The number of pyridine rings is 1. The molecule has 1 aliphatic heterocycles. The van der Waals surface area contributed by atoms with E-state index < -0.39 is 23.4 Å². The number of alkyl carbamates (subject to hydrolysis) is 2. The molecule has 0 atom stereocenters. The number of anilines is 1. The first kappa shape index (κ1) is 26.6. The number of fused-ring (bicyclic) bond motifs is 2. The van der Waals surface area contributed by atoms with Crippen LogP contribution in [0.3, 0.4) is 0 Å². The van der Waals surface area contributed by atoms with Gasteiger partial charge >= 0.3 is 12.2 Å². The molecule has 4 rings (SSSR count). The number of nitrogens with zero attached hydrogens (tertiary/aromatic N) is 3. The summed E-state index contributed by atoms with van der Waals surface area (Å²) in [7, 11) is 0. The van der Waals surface area contributed by atoms with E-state index in [1.807, 2.05) is 70.5 Å². The fraction of sp³-hybridized carbons (Fsp3) is 0.462. The number of ether oxygens (including phenoxy) is 2. The van der Waals surface area contributed by atoms with Crippen LogP contribution in [0.1, 0.15) is 41.5 Å². The van der Waals surface area contributed by atoms with Crippen LogP contribution in [-0.2, 0) is 16.0 Å². The second kappa shape index (κ2) is 10.5. The highest BCUT2D eigenvalue weighted by atomic mass is 32.2. The first-order chi connectivity index (χ1) is 17.4. The van der Waals surface area contributed by atoms with Crippen molar-refractivity contribution < 1.29 is 19.1 Å². The number of benzene rings is 1. The number of amides is 2. The van der Waals surface area contributed by atoms with Crippen LogP contribution < -0.4 is 16.0 Å². The molecule has 2 aromatic heterocycles. The molecule has 0 saturated heterocycles. The zero-order valence-electron chi connectivity index (χ0n) is 22.1. The topological polar surface area (TPSA) is 119 Å². The number of nitrogens with one attached hydrogen (secondary N) is 3. The van der Waals surface area contributed by atoms with Crippen LogP contribution in [0.2, 0.25) is 0 Å². The number of aromatic nitrogens is 3. The summed E-state index contributed by atoms with van der Waals surface area (Å²) in [6.07, 6.45) is 0.879. The van der Waals surface area contributed by atoms with Crippen LogP contribution in [0.5, 0.6) is 0 Å². The highest BCUT2D eigenvalue weighted by Crippen LogP contribution is 2.49. The first-order valence-corrected chi connectivity index (χ1v) is 13.1. The van der Waals surface area contributed by atoms with Gasteiger partial charge in [0.1, 0.15) is 21.9 Å². The summed E-state index contributed by atoms with van der Waals surface area (Å²) < 4.78 is 12.5. The van der Waals surface area contributed by atoms with Crippen molar-refractivity contribution in [3.63, 3.8) is 0 Å². The molecule has 0 fully saturated rings. The van der Waals surface area contributed by atoms with Crippen molar-refractivity contribution in [3.8, 4) is 11.3 Å². The van der Waals surface area contributed by atoms with Crippen LogP contribution >= 0.6 is 11.8 Å². The Hall–Kier alpha value is -3.47. The van der Waals surface area contributed by atoms with E-state index in [0.717, 1.165) is 37.8 Å². The summed E-state index contributed by atoms with van der Waals surface area (Å²) in [6.45, 7) is 12.8. The Morgan fingerprint density at radius 1 is 0.946 bits per heavy atom. The van der Waals surface area contributed by atoms with Gasteiger partial charge in [0.05, 0.1) is 12.1 Å². The molecule has 0 bridgehead atoms. The molecule has 11 heteroatoms. The molecular weight excluding hydrogens is 492 g/mol. The zero-order valence-corrected chi connectivity index (χ0v) is 22.9. The predicted molar refractivity (Wildman–Crippen MR) is 144 cm³/mol. The summed E-state index contributed by atoms with van der Waals surface area (Å²) in [5, 5.41) is 15.8. The first-order valence-electron chi connectivity index (χ1n) is 12.3. The molecule has 198 valence electrons. The largest absolute Gasteiger partial charge is 0.444 e. The summed E-state index contributed by atoms with van der Waals surface area (Å²) in [5.74, 6) is 0. The van der Waals surface area contributed by atoms with Gasteiger partial charge in [0.2, 0.25) is 0 Å². The van der Waals surface area contributed by atoms with Crippen molar-refractivity contribution in [2.45, 2.75) is 69.2 Å². The van der Waals surface area contributed by atoms with Gasteiger partial charge in [0.25, 0.3) is 0 Å². The lowest BCUT2D eigenvalue weighted by Crippen LogP contribution is -2.35. The average molecular weight is 527 g/mol. The highest BCUT2D eigenvalue weighted by molar-refractivity contribution is 7.99. The lowest BCUT2D eigenvalue weighted by molar-refractivity contribution is 0.0516. The van der Waals surface area contributed by atoms with Crippen molar-refractivity contribution in [3.05, 3.63) is 30.5 Å². The number of carbonyl (C=O) groups is 2. The lowest BCUT2D eigenvalue weighted by atomic mass is 10.1. The van der Waals surface area contributed by atoms with Crippen LogP contribution in [0.15, 0.2) is 40.4 Å². The molecule has 0 spiro atoms. The Balaban J connectivity index is 1.52. The van der Waals surface area contributed by atoms with Crippen molar-refractivity contribution in [2.24, 2.45) is 0 Å². The van der Waals surface area contributed by atoms with Gasteiger partial charge in [-0.2, -0.15) is 5.10 Å². The van der Waals surface area contributed by atoms with E-state index in [2.05, 4.69) is 20.9 Å². The zero-order chi connectivity index (χ0) is 26.8. The van der Waals surface area contributed by atoms with Crippen molar-refractivity contribution in [1.29, 1.82) is 0 Å². The van der Waals surface area contributed by atoms with Gasteiger partial charge < -0.3 is 25.4 Å². The van der Waals surface area contributed by atoms with E-state index in [0.29, 0.717) is 26.2 Å². The van der Waals surface area contributed by atoms with Crippen LogP contribution in [0.25, 0.3) is 22.2 Å². The molecule has 3 heterocycles. The molecule has 2 amide bonds. The molecule has 0 aliphatic carbocycles. The Morgan fingerprint density at radius 2 is 1.62 bits per heavy atom. The van der Waals surface area contributed by atoms with Gasteiger partial charge in [-0.05, 0) is 65.8 Å². The fourth-order valence-electron chi connectivity index (χ4n) is 3.85. The molecule has 0 saturated carbocycles.